The van der Waals surface area contributed by atoms with Crippen molar-refractivity contribution >= 4 is 11.8 Å². The van der Waals surface area contributed by atoms with Gasteiger partial charge < -0.3 is 10.6 Å². The number of nitrogens with zero attached hydrogens (tertiary/aromatic N) is 2. The SMILES string of the molecule is CC[C@@H](C)Nc1nc(NCc2ccc(F)c(F)c2)cc(C(F)(F)F)n1. The molecule has 136 valence electrons. The summed E-state index contributed by atoms with van der Waals surface area (Å²) >= 11 is 0. The van der Waals surface area contributed by atoms with Crippen LogP contribution < -0.4 is 10.6 Å². The number of benzene rings is 1. The van der Waals surface area contributed by atoms with Gasteiger partial charge in [0.05, 0.1) is 0 Å². The second kappa shape index (κ2) is 7.62. The average molecular weight is 360 g/mol. The molecule has 0 aliphatic carbocycles. The van der Waals surface area contributed by atoms with Crippen LogP contribution in [0.4, 0.5) is 33.7 Å². The molecule has 4 nitrogen and oxygen atoms in total. The molecule has 0 aliphatic heterocycles. The topological polar surface area (TPSA) is 49.8 Å². The van der Waals surface area contributed by atoms with Crippen LogP contribution in [0.2, 0.25) is 0 Å². The van der Waals surface area contributed by atoms with E-state index in [1.165, 1.54) is 6.07 Å². The number of rotatable bonds is 6. The van der Waals surface area contributed by atoms with Crippen molar-refractivity contribution in [2.45, 2.75) is 39.0 Å². The first-order valence-electron chi connectivity index (χ1n) is 7.59. The summed E-state index contributed by atoms with van der Waals surface area (Å²) in [6.07, 6.45) is -3.95. The number of hydrogen-bond donors (Lipinski definition) is 2. The molecular weight excluding hydrogens is 343 g/mol. The fourth-order valence-corrected chi connectivity index (χ4v) is 1.91. The highest BCUT2D eigenvalue weighted by Gasteiger charge is 2.33. The van der Waals surface area contributed by atoms with Gasteiger partial charge in [-0.25, -0.2) is 13.8 Å². The van der Waals surface area contributed by atoms with Gasteiger partial charge in [0, 0.05) is 18.7 Å². The van der Waals surface area contributed by atoms with Gasteiger partial charge in [0.1, 0.15) is 5.82 Å². The molecule has 2 N–H and O–H groups in total. The third-order valence-electron chi connectivity index (χ3n) is 3.46. The number of nitrogens with one attached hydrogen (secondary N) is 2. The number of aromatic nitrogens is 2. The van der Waals surface area contributed by atoms with E-state index < -0.39 is 23.5 Å². The van der Waals surface area contributed by atoms with Crippen LogP contribution >= 0.6 is 0 Å². The summed E-state index contributed by atoms with van der Waals surface area (Å²) in [6.45, 7) is 3.64. The van der Waals surface area contributed by atoms with Crippen molar-refractivity contribution in [2.75, 3.05) is 10.6 Å². The van der Waals surface area contributed by atoms with Crippen LogP contribution in [0.1, 0.15) is 31.5 Å². The Morgan fingerprint density at radius 2 is 1.80 bits per heavy atom. The third kappa shape index (κ3) is 5.27. The molecule has 1 atom stereocenters. The second-order valence-electron chi connectivity index (χ2n) is 5.52. The van der Waals surface area contributed by atoms with Crippen molar-refractivity contribution in [3.63, 3.8) is 0 Å². The summed E-state index contributed by atoms with van der Waals surface area (Å²) in [7, 11) is 0. The lowest BCUT2D eigenvalue weighted by Gasteiger charge is -2.15. The zero-order valence-corrected chi connectivity index (χ0v) is 13.6. The Morgan fingerprint density at radius 3 is 2.40 bits per heavy atom. The molecule has 0 bridgehead atoms. The van der Waals surface area contributed by atoms with E-state index in [-0.39, 0.29) is 24.4 Å². The molecule has 0 spiro atoms. The maximum absolute atomic E-state index is 13.2. The van der Waals surface area contributed by atoms with Crippen molar-refractivity contribution in [1.29, 1.82) is 0 Å². The van der Waals surface area contributed by atoms with E-state index in [0.717, 1.165) is 18.2 Å². The minimum Gasteiger partial charge on any atom is -0.366 e. The highest BCUT2D eigenvalue weighted by molar-refractivity contribution is 5.44. The average Bonchev–Trinajstić information content (AvgIpc) is 2.55. The Kier molecular flexibility index (Phi) is 5.76. The van der Waals surface area contributed by atoms with E-state index >= 15 is 0 Å². The van der Waals surface area contributed by atoms with Crippen molar-refractivity contribution in [3.8, 4) is 0 Å². The first kappa shape index (κ1) is 18.9. The fourth-order valence-electron chi connectivity index (χ4n) is 1.91. The Bertz CT molecular complexity index is 733. The van der Waals surface area contributed by atoms with Crippen molar-refractivity contribution in [1.82, 2.24) is 9.97 Å². The van der Waals surface area contributed by atoms with E-state index in [2.05, 4.69) is 20.6 Å². The number of anilines is 2. The first-order valence-corrected chi connectivity index (χ1v) is 7.59. The molecule has 1 aromatic carbocycles. The van der Waals surface area contributed by atoms with Gasteiger partial charge in [-0.1, -0.05) is 13.0 Å². The quantitative estimate of drug-likeness (QED) is 0.740. The lowest BCUT2D eigenvalue weighted by Crippen LogP contribution is -2.19. The van der Waals surface area contributed by atoms with Crippen LogP contribution in [-0.2, 0) is 12.7 Å². The van der Waals surface area contributed by atoms with Gasteiger partial charge in [-0.05, 0) is 31.0 Å². The van der Waals surface area contributed by atoms with Crippen LogP contribution in [-0.4, -0.2) is 16.0 Å². The van der Waals surface area contributed by atoms with Crippen molar-refractivity contribution < 1.29 is 22.0 Å². The highest BCUT2D eigenvalue weighted by atomic mass is 19.4. The molecule has 0 amide bonds. The van der Waals surface area contributed by atoms with Crippen LogP contribution in [0.5, 0.6) is 0 Å². The van der Waals surface area contributed by atoms with Gasteiger partial charge >= 0.3 is 6.18 Å². The van der Waals surface area contributed by atoms with Crippen LogP contribution in [0.3, 0.4) is 0 Å². The summed E-state index contributed by atoms with van der Waals surface area (Å²) in [5.41, 5.74) is -0.733. The smallest absolute Gasteiger partial charge is 0.366 e. The predicted octanol–water partition coefficient (Wildman–Crippen LogP) is 4.60. The lowest BCUT2D eigenvalue weighted by molar-refractivity contribution is -0.141. The van der Waals surface area contributed by atoms with E-state index in [4.69, 9.17) is 0 Å². The summed E-state index contributed by atoms with van der Waals surface area (Å²) < 4.78 is 65.1. The summed E-state index contributed by atoms with van der Waals surface area (Å²) in [4.78, 5) is 7.47. The number of halogens is 5. The Balaban J connectivity index is 2.22. The third-order valence-corrected chi connectivity index (χ3v) is 3.46. The van der Waals surface area contributed by atoms with Gasteiger partial charge in [-0.3, -0.25) is 0 Å². The molecule has 2 rings (SSSR count). The Labute approximate surface area is 141 Å². The Hall–Kier alpha value is -2.45. The largest absolute Gasteiger partial charge is 0.433 e. The minimum atomic E-state index is -4.63. The van der Waals surface area contributed by atoms with Crippen LogP contribution in [0.25, 0.3) is 0 Å². The number of alkyl halides is 3. The second-order valence-corrected chi connectivity index (χ2v) is 5.52. The standard InChI is InChI=1S/C16H17F5N4/c1-3-9(2)23-15-24-13(16(19,20)21)7-14(25-15)22-8-10-4-5-11(17)12(18)6-10/h4-7,9H,3,8H2,1-2H3,(H2,22,23,24,25)/t9-/m1/s1. The molecule has 0 radical (unpaired) electrons. The molecular formula is C16H17F5N4. The zero-order valence-electron chi connectivity index (χ0n) is 13.6. The molecule has 9 heteroatoms. The van der Waals surface area contributed by atoms with E-state index in [1.807, 2.05) is 6.92 Å². The highest BCUT2D eigenvalue weighted by Crippen LogP contribution is 2.30. The molecule has 0 saturated carbocycles. The Morgan fingerprint density at radius 1 is 1.08 bits per heavy atom. The summed E-state index contributed by atoms with van der Waals surface area (Å²) in [5.74, 6) is -2.25. The van der Waals surface area contributed by atoms with Crippen LogP contribution in [0.15, 0.2) is 24.3 Å². The van der Waals surface area contributed by atoms with E-state index in [0.29, 0.717) is 12.0 Å². The summed E-state index contributed by atoms with van der Waals surface area (Å²) in [5, 5.41) is 5.46. The lowest BCUT2D eigenvalue weighted by atomic mass is 10.2. The minimum absolute atomic E-state index is 0.0196. The van der Waals surface area contributed by atoms with Crippen molar-refractivity contribution in [3.05, 3.63) is 47.2 Å². The van der Waals surface area contributed by atoms with Gasteiger partial charge in [0.25, 0.3) is 0 Å². The molecule has 1 heterocycles. The first-order chi connectivity index (χ1) is 11.7. The normalized spacial score (nSPS) is 12.8. The maximum atomic E-state index is 13.2. The van der Waals surface area contributed by atoms with Gasteiger partial charge in [-0.2, -0.15) is 18.2 Å². The molecule has 0 aliphatic rings. The zero-order chi connectivity index (χ0) is 18.6. The molecule has 2 aromatic rings. The number of hydrogen-bond acceptors (Lipinski definition) is 4. The monoisotopic (exact) mass is 360 g/mol. The predicted molar refractivity (Wildman–Crippen MR) is 84.1 cm³/mol. The van der Waals surface area contributed by atoms with Gasteiger partial charge in [0.15, 0.2) is 17.3 Å². The molecule has 0 saturated heterocycles. The van der Waals surface area contributed by atoms with E-state index in [9.17, 15) is 22.0 Å². The van der Waals surface area contributed by atoms with Crippen molar-refractivity contribution in [2.24, 2.45) is 0 Å². The van der Waals surface area contributed by atoms with E-state index in [1.54, 1.807) is 6.92 Å². The molecule has 0 unspecified atom stereocenters. The molecule has 1 aromatic heterocycles. The van der Waals surface area contributed by atoms with Crippen LogP contribution in [0, 0.1) is 11.6 Å². The molecule has 0 fully saturated rings. The van der Waals surface area contributed by atoms with Gasteiger partial charge in [0.2, 0.25) is 5.95 Å². The maximum Gasteiger partial charge on any atom is 0.433 e. The molecule has 25 heavy (non-hydrogen) atoms. The fraction of sp³-hybridized carbons (Fsp3) is 0.375. The van der Waals surface area contributed by atoms with Gasteiger partial charge in [-0.15, -0.1) is 0 Å². The summed E-state index contributed by atoms with van der Waals surface area (Å²) in [6, 6.07) is 3.90.